The molecule has 4 heteroatoms. The third-order valence-electron chi connectivity index (χ3n) is 2.84. The van der Waals surface area contributed by atoms with Crippen LogP contribution in [0.1, 0.15) is 19.3 Å². The van der Waals surface area contributed by atoms with Crippen LogP contribution < -0.4 is 10.1 Å². The fourth-order valence-electron chi connectivity index (χ4n) is 1.91. The molecule has 0 radical (unpaired) electrons. The molecule has 92 valence electrons. The lowest BCUT2D eigenvalue weighted by Crippen LogP contribution is -2.27. The van der Waals surface area contributed by atoms with Gasteiger partial charge in [-0.25, -0.2) is 0 Å². The molecule has 3 nitrogen and oxygen atoms in total. The smallest absolute Gasteiger partial charge is 0.237 e. The number of hydrogen-bond acceptors (Lipinski definition) is 3. The first-order valence-corrected chi connectivity index (χ1v) is 6.91. The Morgan fingerprint density at radius 1 is 1.41 bits per heavy atom. The Labute approximate surface area is 106 Å². The number of rotatable bonds is 3. The Bertz CT molecular complexity index is 389. The lowest BCUT2D eigenvalue weighted by atomic mass is 10.2. The number of methoxy groups -OCH3 is 1. The van der Waals surface area contributed by atoms with E-state index in [4.69, 9.17) is 4.74 Å². The molecule has 1 unspecified atom stereocenters. The van der Waals surface area contributed by atoms with E-state index < -0.39 is 0 Å². The maximum Gasteiger partial charge on any atom is 0.237 e. The van der Waals surface area contributed by atoms with Gasteiger partial charge in [0, 0.05) is 0 Å². The summed E-state index contributed by atoms with van der Waals surface area (Å²) in [6, 6.07) is 7.50. The summed E-state index contributed by atoms with van der Waals surface area (Å²) in [5.41, 5.74) is 0.756. The molecule has 1 aromatic carbocycles. The fourth-order valence-corrected chi connectivity index (χ4v) is 3.11. The number of benzene rings is 1. The molecule has 1 heterocycles. The number of amides is 1. The second-order valence-corrected chi connectivity index (χ2v) is 5.36. The summed E-state index contributed by atoms with van der Waals surface area (Å²) in [4.78, 5) is 12.0. The molecule has 1 saturated heterocycles. The topological polar surface area (TPSA) is 38.3 Å². The van der Waals surface area contributed by atoms with E-state index in [0.717, 1.165) is 24.3 Å². The quantitative estimate of drug-likeness (QED) is 0.897. The number of ether oxygens (including phenoxy) is 1. The van der Waals surface area contributed by atoms with Crippen LogP contribution in [0.3, 0.4) is 0 Å². The molecule has 2 rings (SSSR count). The van der Waals surface area contributed by atoms with Gasteiger partial charge in [0.1, 0.15) is 5.75 Å². The summed E-state index contributed by atoms with van der Waals surface area (Å²) < 4.78 is 5.21. The first-order valence-electron chi connectivity index (χ1n) is 5.87. The van der Waals surface area contributed by atoms with Crippen LogP contribution in [0.25, 0.3) is 0 Å². The van der Waals surface area contributed by atoms with Crippen LogP contribution in [0.5, 0.6) is 5.75 Å². The molecule has 17 heavy (non-hydrogen) atoms. The molecule has 1 aliphatic heterocycles. The van der Waals surface area contributed by atoms with Crippen molar-refractivity contribution in [2.45, 2.75) is 24.5 Å². The van der Waals surface area contributed by atoms with Gasteiger partial charge < -0.3 is 10.1 Å². The van der Waals surface area contributed by atoms with Gasteiger partial charge in [0.25, 0.3) is 0 Å². The molecule has 1 aromatic rings. The Balaban J connectivity index is 2.01. The average Bonchev–Trinajstić information content (AvgIpc) is 2.40. The van der Waals surface area contributed by atoms with Gasteiger partial charge in [-0.05, 0) is 30.7 Å². The molecule has 0 aliphatic carbocycles. The minimum Gasteiger partial charge on any atom is -0.495 e. The first-order chi connectivity index (χ1) is 8.31. The Kier molecular flexibility index (Phi) is 4.31. The zero-order valence-corrected chi connectivity index (χ0v) is 10.8. The minimum atomic E-state index is 0.0914. The van der Waals surface area contributed by atoms with Crippen molar-refractivity contribution in [3.05, 3.63) is 24.3 Å². The van der Waals surface area contributed by atoms with E-state index in [1.807, 2.05) is 24.3 Å². The molecule has 0 spiro atoms. The van der Waals surface area contributed by atoms with Crippen molar-refractivity contribution in [1.29, 1.82) is 0 Å². The molecule has 0 saturated carbocycles. The van der Waals surface area contributed by atoms with E-state index in [0.29, 0.717) is 5.75 Å². The van der Waals surface area contributed by atoms with E-state index in [1.54, 1.807) is 18.9 Å². The molecule has 0 bridgehead atoms. The van der Waals surface area contributed by atoms with Gasteiger partial charge in [0.05, 0.1) is 18.0 Å². The van der Waals surface area contributed by atoms with Crippen LogP contribution in [0.2, 0.25) is 0 Å². The largest absolute Gasteiger partial charge is 0.495 e. The highest BCUT2D eigenvalue weighted by molar-refractivity contribution is 8.00. The number of para-hydroxylation sites is 2. The summed E-state index contributed by atoms with van der Waals surface area (Å²) >= 11 is 1.75. The van der Waals surface area contributed by atoms with Crippen molar-refractivity contribution in [2.24, 2.45) is 0 Å². The summed E-state index contributed by atoms with van der Waals surface area (Å²) in [6.07, 6.45) is 3.35. The van der Waals surface area contributed by atoms with E-state index >= 15 is 0 Å². The molecule has 1 aliphatic rings. The van der Waals surface area contributed by atoms with Crippen molar-refractivity contribution in [1.82, 2.24) is 0 Å². The van der Waals surface area contributed by atoms with E-state index in [9.17, 15) is 4.79 Å². The minimum absolute atomic E-state index is 0.0914. The highest BCUT2D eigenvalue weighted by atomic mass is 32.2. The average molecular weight is 251 g/mol. The summed E-state index contributed by atoms with van der Waals surface area (Å²) in [5.74, 6) is 1.89. The van der Waals surface area contributed by atoms with Crippen molar-refractivity contribution in [2.75, 3.05) is 18.2 Å². The van der Waals surface area contributed by atoms with Crippen LogP contribution in [0.15, 0.2) is 24.3 Å². The van der Waals surface area contributed by atoms with Crippen LogP contribution in [-0.4, -0.2) is 24.0 Å². The number of carbonyl (C=O) groups is 1. The highest BCUT2D eigenvalue weighted by Gasteiger charge is 2.22. The lowest BCUT2D eigenvalue weighted by Gasteiger charge is -2.21. The van der Waals surface area contributed by atoms with Gasteiger partial charge in [0.2, 0.25) is 5.91 Å². The number of anilines is 1. The number of nitrogens with one attached hydrogen (secondary N) is 1. The summed E-state index contributed by atoms with van der Waals surface area (Å²) in [5, 5.41) is 3.04. The van der Waals surface area contributed by atoms with E-state index in [2.05, 4.69) is 5.32 Å². The molecule has 1 atom stereocenters. The number of carbonyl (C=O) groups excluding carboxylic acids is 1. The summed E-state index contributed by atoms with van der Waals surface area (Å²) in [7, 11) is 1.61. The Morgan fingerprint density at radius 2 is 2.24 bits per heavy atom. The van der Waals surface area contributed by atoms with Crippen LogP contribution in [0, 0.1) is 0 Å². The fraction of sp³-hybridized carbons (Fsp3) is 0.462. The van der Waals surface area contributed by atoms with Crippen molar-refractivity contribution < 1.29 is 9.53 Å². The SMILES string of the molecule is COc1ccccc1NC(=O)C1CCCCS1. The van der Waals surface area contributed by atoms with Gasteiger partial charge in [-0.15, -0.1) is 11.8 Å². The third-order valence-corrected chi connectivity index (χ3v) is 4.21. The standard InChI is InChI=1S/C13H17NO2S/c1-16-11-7-3-2-6-10(11)14-13(15)12-8-4-5-9-17-12/h2-3,6-7,12H,4-5,8-9H2,1H3,(H,14,15). The maximum atomic E-state index is 12.0. The zero-order chi connectivity index (χ0) is 12.1. The van der Waals surface area contributed by atoms with Gasteiger partial charge in [-0.3, -0.25) is 4.79 Å². The normalized spacial score (nSPS) is 19.7. The van der Waals surface area contributed by atoms with Crippen molar-refractivity contribution in [3.63, 3.8) is 0 Å². The van der Waals surface area contributed by atoms with E-state index in [-0.39, 0.29) is 11.2 Å². The van der Waals surface area contributed by atoms with Crippen molar-refractivity contribution in [3.8, 4) is 5.75 Å². The van der Waals surface area contributed by atoms with Crippen LogP contribution in [-0.2, 0) is 4.79 Å². The first kappa shape index (κ1) is 12.3. The predicted octanol–water partition coefficient (Wildman–Crippen LogP) is 2.92. The van der Waals surface area contributed by atoms with Crippen LogP contribution >= 0.6 is 11.8 Å². The van der Waals surface area contributed by atoms with E-state index in [1.165, 1.54) is 6.42 Å². The predicted molar refractivity (Wildman–Crippen MR) is 71.7 cm³/mol. The third kappa shape index (κ3) is 3.16. The second-order valence-electron chi connectivity index (χ2n) is 4.04. The molecule has 1 N–H and O–H groups in total. The Morgan fingerprint density at radius 3 is 2.94 bits per heavy atom. The monoisotopic (exact) mass is 251 g/mol. The molecule has 1 amide bonds. The highest BCUT2D eigenvalue weighted by Crippen LogP contribution is 2.28. The number of thioether (sulfide) groups is 1. The summed E-state index contributed by atoms with van der Waals surface area (Å²) in [6.45, 7) is 0. The van der Waals surface area contributed by atoms with Crippen molar-refractivity contribution >= 4 is 23.4 Å². The molecular weight excluding hydrogens is 234 g/mol. The van der Waals surface area contributed by atoms with Gasteiger partial charge in [0.15, 0.2) is 0 Å². The molecular formula is C13H17NO2S. The zero-order valence-electron chi connectivity index (χ0n) is 9.94. The van der Waals surface area contributed by atoms with Gasteiger partial charge in [-0.1, -0.05) is 18.6 Å². The van der Waals surface area contributed by atoms with Gasteiger partial charge in [-0.2, -0.15) is 0 Å². The maximum absolute atomic E-state index is 12.0. The van der Waals surface area contributed by atoms with Gasteiger partial charge >= 0.3 is 0 Å². The second kappa shape index (κ2) is 5.96. The lowest BCUT2D eigenvalue weighted by molar-refractivity contribution is -0.115. The number of hydrogen-bond donors (Lipinski definition) is 1. The molecule has 0 aromatic heterocycles. The van der Waals surface area contributed by atoms with Crippen LogP contribution in [0.4, 0.5) is 5.69 Å². The molecule has 1 fully saturated rings. The Hall–Kier alpha value is -1.16.